The lowest BCUT2D eigenvalue weighted by molar-refractivity contribution is 0.317. The largest absolute Gasteiger partial charge is 0.354 e. The van der Waals surface area contributed by atoms with Crippen molar-refractivity contribution in [1.29, 1.82) is 0 Å². The highest BCUT2D eigenvalue weighted by molar-refractivity contribution is 8.13. The summed E-state index contributed by atoms with van der Waals surface area (Å²) in [6.07, 6.45) is 1.03. The number of nitrogens with zero attached hydrogens (tertiary/aromatic N) is 2. The fraction of sp³-hybridized carbons (Fsp3) is 0.280. The number of aryl methyl sites for hydroxylation is 1. The Labute approximate surface area is 187 Å². The van der Waals surface area contributed by atoms with Crippen LogP contribution >= 0.6 is 11.8 Å². The molecular formula is C25H29FN4S. The lowest BCUT2D eigenvalue weighted by Crippen LogP contribution is -2.05. The zero-order valence-electron chi connectivity index (χ0n) is 18.7. The van der Waals surface area contributed by atoms with Crippen LogP contribution in [-0.2, 0) is 0 Å². The number of alkyl halides is 1. The maximum Gasteiger partial charge on any atom is 0.172 e. The zero-order chi connectivity index (χ0) is 22.5. The Hall–Kier alpha value is -2.86. The maximum absolute atomic E-state index is 13.7. The number of halogens is 1. The number of imidazole rings is 1. The van der Waals surface area contributed by atoms with Gasteiger partial charge in [-0.25, -0.2) is 14.4 Å². The van der Waals surface area contributed by atoms with Gasteiger partial charge >= 0.3 is 0 Å². The number of rotatable bonds is 7. The van der Waals surface area contributed by atoms with E-state index in [1.165, 1.54) is 11.8 Å². The molecule has 2 aromatic carbocycles. The number of H-pyrrole nitrogens is 1. The molecule has 3 aromatic rings. The van der Waals surface area contributed by atoms with Gasteiger partial charge < -0.3 is 10.3 Å². The van der Waals surface area contributed by atoms with Crippen LogP contribution in [0.5, 0.6) is 0 Å². The number of thioether (sulfide) groups is 1. The molecule has 3 rings (SSSR count). The number of nitrogens with one attached hydrogen (secondary N) is 2. The van der Waals surface area contributed by atoms with Gasteiger partial charge in [-0.2, -0.15) is 0 Å². The second-order valence-electron chi connectivity index (χ2n) is 7.61. The predicted molar refractivity (Wildman–Crippen MR) is 132 cm³/mol. The van der Waals surface area contributed by atoms with Crippen LogP contribution in [0.1, 0.15) is 44.7 Å². The fourth-order valence-corrected chi connectivity index (χ4v) is 3.91. The van der Waals surface area contributed by atoms with Crippen molar-refractivity contribution in [3.05, 3.63) is 77.6 Å². The molecule has 162 valence electrons. The molecule has 0 amide bonds. The molecule has 0 aliphatic heterocycles. The highest BCUT2D eigenvalue weighted by atomic mass is 32.2. The minimum atomic E-state index is -0.899. The lowest BCUT2D eigenvalue weighted by Gasteiger charge is -2.12. The zero-order valence-corrected chi connectivity index (χ0v) is 19.5. The number of aliphatic imine (C=N–C) groups is 1. The molecule has 1 aromatic heterocycles. The van der Waals surface area contributed by atoms with E-state index >= 15 is 0 Å². The van der Waals surface area contributed by atoms with E-state index < -0.39 is 6.17 Å². The summed E-state index contributed by atoms with van der Waals surface area (Å²) in [5.74, 6) is -0.156. The van der Waals surface area contributed by atoms with E-state index in [4.69, 9.17) is 4.99 Å². The van der Waals surface area contributed by atoms with E-state index in [0.717, 1.165) is 49.4 Å². The number of hydrogen-bond donors (Lipinski definition) is 2. The number of aromatic nitrogens is 2. The highest BCUT2D eigenvalue weighted by Crippen LogP contribution is 2.27. The van der Waals surface area contributed by atoms with E-state index in [1.54, 1.807) is 6.92 Å². The van der Waals surface area contributed by atoms with Crippen LogP contribution in [0.2, 0.25) is 0 Å². The third kappa shape index (κ3) is 5.64. The van der Waals surface area contributed by atoms with Gasteiger partial charge in [0.1, 0.15) is 6.17 Å². The van der Waals surface area contributed by atoms with Crippen molar-refractivity contribution in [2.24, 2.45) is 4.99 Å². The summed E-state index contributed by atoms with van der Waals surface area (Å²) in [6, 6.07) is 13.9. The normalized spacial score (nSPS) is 14.5. The average molecular weight is 437 g/mol. The molecule has 6 heteroatoms. The summed E-state index contributed by atoms with van der Waals surface area (Å²) >= 11 is 1.46. The Morgan fingerprint density at radius 2 is 2.00 bits per heavy atom. The van der Waals surface area contributed by atoms with Gasteiger partial charge in [-0.1, -0.05) is 43.8 Å². The maximum atomic E-state index is 13.7. The monoisotopic (exact) mass is 436 g/mol. The van der Waals surface area contributed by atoms with Crippen LogP contribution in [0, 0.1) is 6.92 Å². The van der Waals surface area contributed by atoms with Crippen molar-refractivity contribution in [2.75, 3.05) is 5.32 Å². The first kappa shape index (κ1) is 22.8. The first-order chi connectivity index (χ1) is 14.8. The summed E-state index contributed by atoms with van der Waals surface area (Å²) in [5, 5.41) is 4.94. The average Bonchev–Trinajstić information content (AvgIpc) is 3.14. The van der Waals surface area contributed by atoms with Gasteiger partial charge in [0, 0.05) is 11.6 Å². The van der Waals surface area contributed by atoms with Crippen molar-refractivity contribution < 1.29 is 4.39 Å². The van der Waals surface area contributed by atoms with Gasteiger partial charge in [0.15, 0.2) is 5.16 Å². The smallest absolute Gasteiger partial charge is 0.172 e. The number of hydrogen-bond acceptors (Lipinski definition) is 4. The molecule has 0 aliphatic rings. The van der Waals surface area contributed by atoms with Crippen LogP contribution in [0.4, 0.5) is 10.1 Å². The van der Waals surface area contributed by atoms with E-state index in [9.17, 15) is 4.39 Å². The molecule has 0 spiro atoms. The van der Waals surface area contributed by atoms with Crippen molar-refractivity contribution >= 4 is 33.5 Å². The topological polar surface area (TPSA) is 53.1 Å². The van der Waals surface area contributed by atoms with Crippen LogP contribution in [0.3, 0.4) is 0 Å². The van der Waals surface area contributed by atoms with Crippen molar-refractivity contribution in [3.63, 3.8) is 0 Å². The molecule has 2 N–H and O–H groups in total. The molecule has 0 aliphatic carbocycles. The third-order valence-electron chi connectivity index (χ3n) is 5.23. The van der Waals surface area contributed by atoms with Crippen molar-refractivity contribution in [2.45, 2.75) is 51.9 Å². The van der Waals surface area contributed by atoms with Gasteiger partial charge in [0.05, 0.1) is 27.5 Å². The summed E-state index contributed by atoms with van der Waals surface area (Å²) in [5.41, 5.74) is 6.39. The minimum Gasteiger partial charge on any atom is -0.354 e. The van der Waals surface area contributed by atoms with Crippen LogP contribution in [-0.4, -0.2) is 21.2 Å². The molecule has 2 unspecified atom stereocenters. The number of aromatic amines is 1. The van der Waals surface area contributed by atoms with Gasteiger partial charge in [-0.3, -0.25) is 0 Å². The quantitative estimate of drug-likeness (QED) is 0.176. The molecule has 1 heterocycles. The standard InChI is InChI=1S/C25H29FN4S/c1-7-21(18(5)27-22-11-9-8-10-15(22)2)28-19(6)31-25-29-23-13-12-20(14-24(23)30-25)16(3)17(4)26/h7-14,16-17,27H,5H2,1-4,6H3,(H,29,30)/b21-7-,28-19?. The van der Waals surface area contributed by atoms with Crippen molar-refractivity contribution in [3.8, 4) is 0 Å². The summed E-state index contributed by atoms with van der Waals surface area (Å²) < 4.78 is 13.7. The lowest BCUT2D eigenvalue weighted by atomic mass is 9.97. The van der Waals surface area contributed by atoms with Gasteiger partial charge in [0.2, 0.25) is 0 Å². The number of anilines is 1. The Balaban J connectivity index is 1.74. The number of fused-ring (bicyclic) bond motifs is 1. The van der Waals surface area contributed by atoms with Gasteiger partial charge in [-0.15, -0.1) is 0 Å². The molecule has 4 nitrogen and oxygen atoms in total. The fourth-order valence-electron chi connectivity index (χ4n) is 3.18. The third-order valence-corrected chi connectivity index (χ3v) is 6.01. The molecule has 0 fully saturated rings. The van der Waals surface area contributed by atoms with E-state index in [-0.39, 0.29) is 5.92 Å². The molecule has 0 bridgehead atoms. The van der Waals surface area contributed by atoms with E-state index in [0.29, 0.717) is 0 Å². The number of para-hydroxylation sites is 1. The van der Waals surface area contributed by atoms with E-state index in [1.807, 2.05) is 63.2 Å². The Bertz CT molecular complexity index is 1140. The van der Waals surface area contributed by atoms with Crippen molar-refractivity contribution in [1.82, 2.24) is 9.97 Å². The van der Waals surface area contributed by atoms with Crippen LogP contribution in [0.15, 0.2) is 76.7 Å². The summed E-state index contributed by atoms with van der Waals surface area (Å²) in [7, 11) is 0. The molecule has 31 heavy (non-hydrogen) atoms. The predicted octanol–water partition coefficient (Wildman–Crippen LogP) is 7.37. The second kappa shape index (κ2) is 9.96. The highest BCUT2D eigenvalue weighted by Gasteiger charge is 2.15. The Morgan fingerprint density at radius 1 is 1.26 bits per heavy atom. The molecule has 0 saturated carbocycles. The minimum absolute atomic E-state index is 0.156. The first-order valence-electron chi connectivity index (χ1n) is 10.3. The summed E-state index contributed by atoms with van der Waals surface area (Å²) in [4.78, 5) is 12.7. The Kier molecular flexibility index (Phi) is 7.33. The molecular weight excluding hydrogens is 407 g/mol. The SMILES string of the molecule is C=C(Nc1ccccc1C)/C(=C/C)N=C(C)Sc1nc2ccc(C(C)C(C)F)cc2[nH]1. The number of benzene rings is 2. The van der Waals surface area contributed by atoms with Gasteiger partial charge in [-0.05, 0) is 68.8 Å². The van der Waals surface area contributed by atoms with Crippen LogP contribution in [0.25, 0.3) is 11.0 Å². The van der Waals surface area contributed by atoms with Gasteiger partial charge in [0.25, 0.3) is 0 Å². The summed E-state index contributed by atoms with van der Waals surface area (Å²) in [6.45, 7) is 13.6. The second-order valence-corrected chi connectivity index (χ2v) is 8.79. The first-order valence-corrected chi connectivity index (χ1v) is 11.1. The van der Waals surface area contributed by atoms with Crippen LogP contribution < -0.4 is 5.32 Å². The van der Waals surface area contributed by atoms with E-state index in [2.05, 4.69) is 34.9 Å². The molecule has 2 atom stereocenters. The molecule has 0 saturated heterocycles. The number of allylic oxidation sites excluding steroid dienone is 1. The Morgan fingerprint density at radius 3 is 2.68 bits per heavy atom. The molecule has 0 radical (unpaired) electrons.